The summed E-state index contributed by atoms with van der Waals surface area (Å²) in [6.07, 6.45) is 0. The molecule has 1 aliphatic heterocycles. The number of hydrogen-bond donors (Lipinski definition) is 0. The summed E-state index contributed by atoms with van der Waals surface area (Å²) in [7, 11) is 0. The first-order valence-electron chi connectivity index (χ1n) is 5.55. The lowest BCUT2D eigenvalue weighted by Gasteiger charge is -2.30. The van der Waals surface area contributed by atoms with Gasteiger partial charge in [0.25, 0.3) is 0 Å². The van der Waals surface area contributed by atoms with Gasteiger partial charge in [-0.3, -0.25) is 5.01 Å². The molecule has 0 bridgehead atoms. The van der Waals surface area contributed by atoms with Gasteiger partial charge in [0.1, 0.15) is 0 Å². The van der Waals surface area contributed by atoms with E-state index in [1.807, 2.05) is 18.2 Å². The van der Waals surface area contributed by atoms with Crippen molar-refractivity contribution in [1.82, 2.24) is 9.99 Å². The average molecular weight is 248 g/mol. The minimum absolute atomic E-state index is 0.680. The molecule has 1 aromatic heterocycles. The summed E-state index contributed by atoms with van der Waals surface area (Å²) in [5, 5.41) is 5.56. The molecule has 17 heavy (non-hydrogen) atoms. The normalized spacial score (nSPS) is 16.5. The first-order chi connectivity index (χ1) is 8.36. The zero-order valence-corrected chi connectivity index (χ0v) is 10.1. The van der Waals surface area contributed by atoms with Crippen molar-refractivity contribution in [3.63, 3.8) is 0 Å². The molecular weight excluding hydrogens is 236 g/mol. The number of thiazole rings is 1. The second-order valence-corrected chi connectivity index (χ2v) is 5.00. The summed E-state index contributed by atoms with van der Waals surface area (Å²) >= 11 is 1.70. The summed E-state index contributed by atoms with van der Waals surface area (Å²) in [5.74, 6) is 0. The van der Waals surface area contributed by atoms with Gasteiger partial charge in [-0.05, 0) is 12.1 Å². The number of piperazine rings is 1. The molecule has 3 rings (SSSR count). The van der Waals surface area contributed by atoms with E-state index in [1.165, 1.54) is 4.70 Å². The molecule has 1 fully saturated rings. The third kappa shape index (κ3) is 1.95. The van der Waals surface area contributed by atoms with Crippen molar-refractivity contribution >= 4 is 26.7 Å². The summed E-state index contributed by atoms with van der Waals surface area (Å²) in [6, 6.07) is 8.14. The van der Waals surface area contributed by atoms with Gasteiger partial charge in [0.15, 0.2) is 5.13 Å². The molecule has 0 N–H and O–H groups in total. The Bertz CT molecular complexity index is 500. The summed E-state index contributed by atoms with van der Waals surface area (Å²) in [6.45, 7) is 2.98. The fourth-order valence-corrected chi connectivity index (χ4v) is 2.98. The van der Waals surface area contributed by atoms with Gasteiger partial charge in [-0.25, -0.2) is 4.98 Å². The van der Waals surface area contributed by atoms with Crippen LogP contribution in [0, 0.1) is 4.91 Å². The van der Waals surface area contributed by atoms with Gasteiger partial charge in [0.05, 0.1) is 28.6 Å². The van der Waals surface area contributed by atoms with Gasteiger partial charge in [0, 0.05) is 13.1 Å². The van der Waals surface area contributed by atoms with Crippen molar-refractivity contribution in [2.75, 3.05) is 31.1 Å². The standard InChI is InChI=1S/C11H12N4OS/c16-13-15-7-5-14(6-8-15)11-12-9-3-1-2-4-10(9)17-11/h1-4H,5-8H2. The molecule has 88 valence electrons. The van der Waals surface area contributed by atoms with Crippen LogP contribution in [0.5, 0.6) is 0 Å². The Morgan fingerprint density at radius 3 is 2.65 bits per heavy atom. The van der Waals surface area contributed by atoms with Gasteiger partial charge < -0.3 is 4.90 Å². The SMILES string of the molecule is O=NN1CCN(c2nc3ccccc3s2)CC1. The van der Waals surface area contributed by atoms with Gasteiger partial charge in [0.2, 0.25) is 0 Å². The van der Waals surface area contributed by atoms with Crippen LogP contribution in [-0.4, -0.2) is 36.2 Å². The molecule has 0 atom stereocenters. The number of aromatic nitrogens is 1. The number of benzene rings is 1. The second-order valence-electron chi connectivity index (χ2n) is 3.99. The Balaban J connectivity index is 1.82. The van der Waals surface area contributed by atoms with Crippen molar-refractivity contribution in [1.29, 1.82) is 0 Å². The number of hydrogen-bond acceptors (Lipinski definition) is 5. The molecular formula is C11H12N4OS. The topological polar surface area (TPSA) is 48.8 Å². The molecule has 0 saturated carbocycles. The number of fused-ring (bicyclic) bond motifs is 1. The highest BCUT2D eigenvalue weighted by molar-refractivity contribution is 7.22. The minimum atomic E-state index is 0.680. The number of nitroso groups, excluding NO2 is 1. The summed E-state index contributed by atoms with van der Waals surface area (Å²) in [4.78, 5) is 17.2. The maximum Gasteiger partial charge on any atom is 0.186 e. The van der Waals surface area contributed by atoms with E-state index >= 15 is 0 Å². The maximum atomic E-state index is 10.4. The zero-order valence-electron chi connectivity index (χ0n) is 9.24. The third-order valence-electron chi connectivity index (χ3n) is 2.92. The van der Waals surface area contributed by atoms with Gasteiger partial charge in [-0.15, -0.1) is 4.91 Å². The monoisotopic (exact) mass is 248 g/mol. The van der Waals surface area contributed by atoms with Crippen LogP contribution >= 0.6 is 11.3 Å². The number of rotatable bonds is 2. The third-order valence-corrected chi connectivity index (χ3v) is 4.02. The molecule has 0 spiro atoms. The van der Waals surface area contributed by atoms with Crippen molar-refractivity contribution < 1.29 is 0 Å². The quantitative estimate of drug-likeness (QED) is 0.764. The van der Waals surface area contributed by atoms with Gasteiger partial charge >= 0.3 is 0 Å². The predicted molar refractivity (Wildman–Crippen MR) is 69.2 cm³/mol. The first-order valence-corrected chi connectivity index (χ1v) is 6.37. The van der Waals surface area contributed by atoms with Gasteiger partial charge in [-0.1, -0.05) is 23.5 Å². The van der Waals surface area contributed by atoms with E-state index in [4.69, 9.17) is 0 Å². The Hall–Kier alpha value is -1.69. The van der Waals surface area contributed by atoms with Crippen molar-refractivity contribution in [2.45, 2.75) is 0 Å². The van der Waals surface area contributed by atoms with Crippen LogP contribution in [-0.2, 0) is 0 Å². The highest BCUT2D eigenvalue weighted by Crippen LogP contribution is 2.28. The summed E-state index contributed by atoms with van der Waals surface area (Å²) < 4.78 is 1.21. The molecule has 1 aliphatic rings. The number of nitrogens with zero attached hydrogens (tertiary/aromatic N) is 4. The lowest BCUT2D eigenvalue weighted by molar-refractivity contribution is 0.267. The van der Waals surface area contributed by atoms with Crippen molar-refractivity contribution in [3.8, 4) is 0 Å². The zero-order chi connectivity index (χ0) is 11.7. The fraction of sp³-hybridized carbons (Fsp3) is 0.364. The second kappa shape index (κ2) is 4.29. The van der Waals surface area contributed by atoms with Crippen LogP contribution in [0.4, 0.5) is 5.13 Å². The molecule has 1 saturated heterocycles. The Labute approximate surface area is 103 Å². The lowest BCUT2D eigenvalue weighted by atomic mass is 10.3. The highest BCUT2D eigenvalue weighted by Gasteiger charge is 2.19. The molecule has 0 radical (unpaired) electrons. The molecule has 2 heterocycles. The molecule has 5 nitrogen and oxygen atoms in total. The smallest absolute Gasteiger partial charge is 0.186 e. The van der Waals surface area contributed by atoms with Crippen LogP contribution in [0.1, 0.15) is 0 Å². The largest absolute Gasteiger partial charge is 0.344 e. The van der Waals surface area contributed by atoms with Crippen LogP contribution in [0.2, 0.25) is 0 Å². The van der Waals surface area contributed by atoms with E-state index in [2.05, 4.69) is 21.2 Å². The molecule has 0 amide bonds. The van der Waals surface area contributed by atoms with Crippen LogP contribution in [0.25, 0.3) is 10.2 Å². The fourth-order valence-electron chi connectivity index (χ4n) is 1.96. The van der Waals surface area contributed by atoms with E-state index in [0.29, 0.717) is 13.1 Å². The van der Waals surface area contributed by atoms with Crippen molar-refractivity contribution in [2.24, 2.45) is 5.29 Å². The molecule has 1 aromatic carbocycles. The van der Waals surface area contributed by atoms with Crippen LogP contribution in [0.15, 0.2) is 29.6 Å². The Morgan fingerprint density at radius 1 is 1.18 bits per heavy atom. The first kappa shape index (κ1) is 10.5. The van der Waals surface area contributed by atoms with Crippen LogP contribution < -0.4 is 4.90 Å². The van der Waals surface area contributed by atoms with Crippen LogP contribution in [0.3, 0.4) is 0 Å². The lowest BCUT2D eigenvalue weighted by Crippen LogP contribution is -2.43. The number of para-hydroxylation sites is 1. The predicted octanol–water partition coefficient (Wildman–Crippen LogP) is 2.10. The van der Waals surface area contributed by atoms with Gasteiger partial charge in [-0.2, -0.15) is 0 Å². The van der Waals surface area contributed by atoms with E-state index in [0.717, 1.165) is 23.7 Å². The average Bonchev–Trinajstić information content (AvgIpc) is 2.82. The summed E-state index contributed by atoms with van der Waals surface area (Å²) in [5.41, 5.74) is 1.04. The minimum Gasteiger partial charge on any atom is -0.344 e. The molecule has 2 aromatic rings. The Morgan fingerprint density at radius 2 is 1.94 bits per heavy atom. The highest BCUT2D eigenvalue weighted by atomic mass is 32.1. The van der Waals surface area contributed by atoms with E-state index in [-0.39, 0.29) is 0 Å². The maximum absolute atomic E-state index is 10.4. The van der Waals surface area contributed by atoms with E-state index < -0.39 is 0 Å². The van der Waals surface area contributed by atoms with E-state index in [9.17, 15) is 4.91 Å². The van der Waals surface area contributed by atoms with Crippen molar-refractivity contribution in [3.05, 3.63) is 29.2 Å². The molecule has 6 heteroatoms. The molecule has 0 aliphatic carbocycles. The number of anilines is 1. The Kier molecular flexibility index (Phi) is 2.64. The van der Waals surface area contributed by atoms with E-state index in [1.54, 1.807) is 16.3 Å². The molecule has 0 unspecified atom stereocenters.